The Morgan fingerprint density at radius 1 is 0.276 bits per heavy atom. The minimum Gasteiger partial charge on any atom is -0.462 e. The number of aliphatic hydroxyl groups excluding tert-OH is 1. The molecule has 0 bridgehead atoms. The lowest BCUT2D eigenvalue weighted by Gasteiger charge is -2.21. The number of hydrogen-bond acceptors (Lipinski definition) is 15. The first-order valence-corrected chi connectivity index (χ1v) is 44.0. The van der Waals surface area contributed by atoms with Crippen LogP contribution in [0.4, 0.5) is 0 Å². The van der Waals surface area contributed by atoms with Crippen molar-refractivity contribution in [2.45, 2.75) is 432 Å². The Hall–Kier alpha value is -1.94. The first kappa shape index (κ1) is 96.1. The van der Waals surface area contributed by atoms with Crippen molar-refractivity contribution in [3.63, 3.8) is 0 Å². The summed E-state index contributed by atoms with van der Waals surface area (Å²) in [6.45, 7) is 9.64. The maximum absolute atomic E-state index is 13.1. The van der Waals surface area contributed by atoms with Crippen molar-refractivity contribution in [1.82, 2.24) is 0 Å². The van der Waals surface area contributed by atoms with Crippen LogP contribution in [0.15, 0.2) is 0 Å². The van der Waals surface area contributed by atoms with Crippen molar-refractivity contribution in [3.05, 3.63) is 0 Å². The normalized spacial score (nSPS) is 13.9. The third-order valence-electron chi connectivity index (χ3n) is 18.5. The SMILES string of the molecule is CCCCCCCCCCCCCCCCCCCC(=O)O[C@H](COC(=O)CCCCCCCCCCCCCCCC(C)C)COP(=O)(O)OC[C@@H](O)COP(=O)(O)OC[C@@H](COC(=O)CCCCCCCCCCCCC)OC(=O)CCCCCCCCCCCCCC(C)C. The van der Waals surface area contributed by atoms with Gasteiger partial charge in [0.25, 0.3) is 0 Å². The fraction of sp³-hybridized carbons (Fsp3) is 0.949. The molecule has 0 fully saturated rings. The van der Waals surface area contributed by atoms with E-state index < -0.39 is 97.5 Å². The molecule has 0 saturated heterocycles. The van der Waals surface area contributed by atoms with Gasteiger partial charge in [-0.15, -0.1) is 0 Å². The van der Waals surface area contributed by atoms with Gasteiger partial charge in [0, 0.05) is 25.7 Å². The second kappa shape index (κ2) is 70.7. The molecule has 0 rings (SSSR count). The van der Waals surface area contributed by atoms with Crippen LogP contribution in [-0.4, -0.2) is 96.7 Å². The Bertz CT molecular complexity index is 1890. The van der Waals surface area contributed by atoms with E-state index in [2.05, 4.69) is 41.5 Å². The van der Waals surface area contributed by atoms with E-state index in [1.807, 2.05) is 0 Å². The van der Waals surface area contributed by atoms with Gasteiger partial charge in [-0.3, -0.25) is 37.3 Å². The van der Waals surface area contributed by atoms with Gasteiger partial charge in [0.1, 0.15) is 19.3 Å². The molecule has 0 aliphatic rings. The summed E-state index contributed by atoms with van der Waals surface area (Å²) in [4.78, 5) is 73.0. The third-order valence-corrected chi connectivity index (χ3v) is 20.4. The number of phosphoric acid groups is 2. The molecule has 0 radical (unpaired) electrons. The molecular formula is C79H154O17P2. The van der Waals surface area contributed by atoms with Crippen LogP contribution in [0.5, 0.6) is 0 Å². The van der Waals surface area contributed by atoms with Gasteiger partial charge in [-0.1, -0.05) is 363 Å². The zero-order valence-electron chi connectivity index (χ0n) is 64.1. The van der Waals surface area contributed by atoms with Gasteiger partial charge in [0.05, 0.1) is 26.4 Å². The van der Waals surface area contributed by atoms with Crippen molar-refractivity contribution >= 4 is 39.5 Å². The Balaban J connectivity index is 5.26. The molecule has 0 amide bonds. The van der Waals surface area contributed by atoms with Gasteiger partial charge in [0.15, 0.2) is 12.2 Å². The lowest BCUT2D eigenvalue weighted by atomic mass is 10.0. The largest absolute Gasteiger partial charge is 0.472 e. The van der Waals surface area contributed by atoms with E-state index >= 15 is 0 Å². The number of carbonyl (C=O) groups is 4. The van der Waals surface area contributed by atoms with Crippen molar-refractivity contribution in [1.29, 1.82) is 0 Å². The molecule has 582 valence electrons. The van der Waals surface area contributed by atoms with Crippen LogP contribution in [0.3, 0.4) is 0 Å². The topological polar surface area (TPSA) is 237 Å². The zero-order chi connectivity index (χ0) is 72.1. The van der Waals surface area contributed by atoms with E-state index in [4.69, 9.17) is 37.0 Å². The van der Waals surface area contributed by atoms with Crippen LogP contribution in [-0.2, 0) is 65.4 Å². The van der Waals surface area contributed by atoms with E-state index in [9.17, 15) is 43.2 Å². The summed E-state index contributed by atoms with van der Waals surface area (Å²) < 4.78 is 68.7. The summed E-state index contributed by atoms with van der Waals surface area (Å²) in [5.41, 5.74) is 0. The Labute approximate surface area is 600 Å². The van der Waals surface area contributed by atoms with E-state index in [1.54, 1.807) is 0 Å². The van der Waals surface area contributed by atoms with Crippen LogP contribution in [0, 0.1) is 11.8 Å². The summed E-state index contributed by atoms with van der Waals surface area (Å²) in [6.07, 6.45) is 59.5. The van der Waals surface area contributed by atoms with Gasteiger partial charge in [-0.05, 0) is 37.5 Å². The van der Waals surface area contributed by atoms with Crippen LogP contribution in [0.25, 0.3) is 0 Å². The van der Waals surface area contributed by atoms with E-state index in [-0.39, 0.29) is 25.7 Å². The van der Waals surface area contributed by atoms with Crippen molar-refractivity contribution in [3.8, 4) is 0 Å². The molecule has 0 aromatic heterocycles. The van der Waals surface area contributed by atoms with Crippen LogP contribution >= 0.6 is 15.6 Å². The number of esters is 4. The summed E-state index contributed by atoms with van der Waals surface area (Å²) in [5.74, 6) is -0.553. The lowest BCUT2D eigenvalue weighted by Crippen LogP contribution is -2.30. The first-order chi connectivity index (χ1) is 47.4. The highest BCUT2D eigenvalue weighted by Crippen LogP contribution is 2.45. The predicted octanol–water partition coefficient (Wildman–Crippen LogP) is 23.5. The second-order valence-electron chi connectivity index (χ2n) is 29.4. The average Bonchev–Trinajstić information content (AvgIpc) is 1.09. The number of rotatable bonds is 78. The molecule has 0 heterocycles. The standard InChI is InChI=1S/C79H154O17P2/c1-7-9-11-13-15-17-19-20-21-22-23-26-33-39-45-51-57-63-78(83)95-75(68-90-77(82)62-56-50-44-38-32-27-24-25-30-35-41-47-53-59-71(3)4)70-94-98(87,88)92-66-73(80)65-91-97(85,86)93-69-74(67-89-76(81)61-55-49-43-37-29-18-16-14-12-10-8-2)96-79(84)64-58-52-46-40-34-28-31-36-42-48-54-60-72(5)6/h71-75,80H,7-70H2,1-6H3,(H,85,86)(H,87,88)/t73-,74+,75+/m0/s1. The van der Waals surface area contributed by atoms with Crippen LogP contribution in [0.1, 0.15) is 414 Å². The summed E-state index contributed by atoms with van der Waals surface area (Å²) in [6, 6.07) is 0. The molecule has 0 aliphatic carbocycles. The Morgan fingerprint density at radius 3 is 0.694 bits per heavy atom. The lowest BCUT2D eigenvalue weighted by molar-refractivity contribution is -0.161. The minimum atomic E-state index is -4.96. The highest BCUT2D eigenvalue weighted by Gasteiger charge is 2.30. The molecule has 0 aromatic rings. The Kier molecular flexibility index (Phi) is 69.3. The highest BCUT2D eigenvalue weighted by molar-refractivity contribution is 7.47. The van der Waals surface area contributed by atoms with E-state index in [0.29, 0.717) is 25.7 Å². The fourth-order valence-corrected chi connectivity index (χ4v) is 13.8. The monoisotopic (exact) mass is 1440 g/mol. The number of phosphoric ester groups is 2. The molecule has 98 heavy (non-hydrogen) atoms. The fourth-order valence-electron chi connectivity index (χ4n) is 12.2. The quantitative estimate of drug-likeness (QED) is 0.0222. The molecule has 2 unspecified atom stereocenters. The summed E-state index contributed by atoms with van der Waals surface area (Å²) >= 11 is 0. The summed E-state index contributed by atoms with van der Waals surface area (Å²) in [7, 11) is -9.92. The van der Waals surface area contributed by atoms with E-state index in [1.165, 1.54) is 231 Å². The molecule has 3 N–H and O–H groups in total. The molecule has 0 aliphatic heterocycles. The number of aliphatic hydroxyl groups is 1. The van der Waals surface area contributed by atoms with Gasteiger partial charge in [-0.2, -0.15) is 0 Å². The van der Waals surface area contributed by atoms with E-state index in [0.717, 1.165) is 102 Å². The van der Waals surface area contributed by atoms with Gasteiger partial charge in [0.2, 0.25) is 0 Å². The maximum atomic E-state index is 13.1. The average molecular weight is 1440 g/mol. The van der Waals surface area contributed by atoms with Crippen LogP contribution in [0.2, 0.25) is 0 Å². The van der Waals surface area contributed by atoms with Crippen molar-refractivity contribution in [2.75, 3.05) is 39.6 Å². The number of unbranched alkanes of at least 4 members (excludes halogenated alkanes) is 48. The van der Waals surface area contributed by atoms with Crippen LogP contribution < -0.4 is 0 Å². The summed E-state index contributed by atoms with van der Waals surface area (Å²) in [5, 5.41) is 10.6. The molecule has 19 heteroatoms. The molecule has 0 aromatic carbocycles. The van der Waals surface area contributed by atoms with Crippen molar-refractivity contribution < 1.29 is 80.2 Å². The molecule has 5 atom stereocenters. The van der Waals surface area contributed by atoms with Gasteiger partial charge in [-0.25, -0.2) is 9.13 Å². The number of hydrogen-bond donors (Lipinski definition) is 3. The number of ether oxygens (including phenoxy) is 4. The zero-order valence-corrected chi connectivity index (χ0v) is 65.9. The van der Waals surface area contributed by atoms with Gasteiger partial charge < -0.3 is 33.8 Å². The second-order valence-corrected chi connectivity index (χ2v) is 32.3. The minimum absolute atomic E-state index is 0.107. The van der Waals surface area contributed by atoms with Gasteiger partial charge >= 0.3 is 39.5 Å². The smallest absolute Gasteiger partial charge is 0.462 e. The molecule has 0 saturated carbocycles. The first-order valence-electron chi connectivity index (χ1n) is 41.0. The van der Waals surface area contributed by atoms with Crippen molar-refractivity contribution in [2.24, 2.45) is 11.8 Å². The highest BCUT2D eigenvalue weighted by atomic mass is 31.2. The molecule has 0 spiro atoms. The molecular weight excluding hydrogens is 1280 g/mol. The Morgan fingerprint density at radius 2 is 0.469 bits per heavy atom. The predicted molar refractivity (Wildman–Crippen MR) is 400 cm³/mol. The molecule has 17 nitrogen and oxygen atoms in total. The third kappa shape index (κ3) is 72.4. The maximum Gasteiger partial charge on any atom is 0.472 e. The number of carbonyl (C=O) groups excluding carboxylic acids is 4.